The smallest absolute Gasteiger partial charge is 0.315 e. The van der Waals surface area contributed by atoms with Crippen LogP contribution in [0.2, 0.25) is 0 Å². The van der Waals surface area contributed by atoms with Crippen LogP contribution in [0.3, 0.4) is 0 Å². The lowest BCUT2D eigenvalue weighted by atomic mass is 9.93. The quantitative estimate of drug-likeness (QED) is 0.728. The van der Waals surface area contributed by atoms with Crippen LogP contribution in [0.15, 0.2) is 17.5 Å². The van der Waals surface area contributed by atoms with E-state index >= 15 is 0 Å². The average Bonchev–Trinajstić information content (AvgIpc) is 3.03. The molecule has 2 aromatic rings. The predicted molar refractivity (Wildman–Crippen MR) is 110 cm³/mol. The predicted octanol–water partition coefficient (Wildman–Crippen LogP) is 3.80. The molecule has 0 spiro atoms. The van der Waals surface area contributed by atoms with Crippen molar-refractivity contribution in [2.75, 3.05) is 11.9 Å². The number of rotatable bonds is 5. The zero-order valence-electron chi connectivity index (χ0n) is 16.8. The van der Waals surface area contributed by atoms with Gasteiger partial charge in [0.15, 0.2) is 0 Å². The molecule has 3 N–H and O–H groups in total. The lowest BCUT2D eigenvalue weighted by Gasteiger charge is -2.14. The van der Waals surface area contributed by atoms with E-state index in [-0.39, 0.29) is 17.9 Å². The number of amides is 3. The molecule has 0 unspecified atom stereocenters. The van der Waals surface area contributed by atoms with Gasteiger partial charge in [0, 0.05) is 16.5 Å². The number of hydrogen-bond donors (Lipinski definition) is 3. The van der Waals surface area contributed by atoms with Crippen molar-refractivity contribution in [1.29, 1.82) is 0 Å². The van der Waals surface area contributed by atoms with Crippen LogP contribution in [0.5, 0.6) is 0 Å². The highest BCUT2D eigenvalue weighted by Gasteiger charge is 2.17. The number of nitrogens with one attached hydrogen (secondary N) is 3. The highest BCUT2D eigenvalue weighted by atomic mass is 32.1. The van der Waals surface area contributed by atoms with Crippen LogP contribution < -0.4 is 16.0 Å². The van der Waals surface area contributed by atoms with Gasteiger partial charge in [0.1, 0.15) is 5.01 Å². The Kier molecular flexibility index (Phi) is 6.59. The van der Waals surface area contributed by atoms with E-state index in [4.69, 9.17) is 0 Å². The summed E-state index contributed by atoms with van der Waals surface area (Å²) < 4.78 is 0. The fraction of sp³-hybridized carbons (Fsp3) is 0.450. The Hall–Kier alpha value is -2.41. The molecule has 146 valence electrons. The molecule has 0 aliphatic carbocycles. The van der Waals surface area contributed by atoms with Gasteiger partial charge in [0.25, 0.3) is 0 Å². The first-order valence-corrected chi connectivity index (χ1v) is 9.78. The topological polar surface area (TPSA) is 83.1 Å². The number of hydrogen-bond acceptors (Lipinski definition) is 4. The molecule has 0 radical (unpaired) electrons. The maximum Gasteiger partial charge on any atom is 0.315 e. The summed E-state index contributed by atoms with van der Waals surface area (Å²) >= 11 is 1.52. The molecule has 27 heavy (non-hydrogen) atoms. The summed E-state index contributed by atoms with van der Waals surface area (Å²) in [5.74, 6) is -0.260. The van der Waals surface area contributed by atoms with Crippen LogP contribution >= 0.6 is 11.3 Å². The third-order valence-electron chi connectivity index (χ3n) is 4.07. The summed E-state index contributed by atoms with van der Waals surface area (Å²) in [6.07, 6.45) is 0. The van der Waals surface area contributed by atoms with Gasteiger partial charge in [-0.2, -0.15) is 0 Å². The van der Waals surface area contributed by atoms with Gasteiger partial charge in [-0.05, 0) is 31.9 Å². The molecular weight excluding hydrogens is 360 g/mol. The number of anilines is 1. The first-order valence-electron chi connectivity index (χ1n) is 8.90. The minimum Gasteiger partial charge on any atom is -0.332 e. The Morgan fingerprint density at radius 2 is 1.70 bits per heavy atom. The van der Waals surface area contributed by atoms with E-state index in [0.29, 0.717) is 6.54 Å². The van der Waals surface area contributed by atoms with Crippen LogP contribution in [0, 0.1) is 20.8 Å². The van der Waals surface area contributed by atoms with Crippen LogP contribution in [-0.2, 0) is 16.8 Å². The van der Waals surface area contributed by atoms with Crippen LogP contribution in [-0.4, -0.2) is 23.5 Å². The molecule has 7 heteroatoms. The van der Waals surface area contributed by atoms with Crippen molar-refractivity contribution < 1.29 is 9.59 Å². The summed E-state index contributed by atoms with van der Waals surface area (Å²) in [6, 6.07) is 3.64. The number of carbonyl (C=O) groups is 2. The van der Waals surface area contributed by atoms with Crippen molar-refractivity contribution in [2.45, 2.75) is 53.5 Å². The molecule has 0 aliphatic heterocycles. The SMILES string of the molecule is Cc1cc(C)c(NC(=O)CNC(=O)NCc2nc(C(C)(C)C)cs2)c(C)c1. The van der Waals surface area contributed by atoms with E-state index < -0.39 is 6.03 Å². The molecule has 0 fully saturated rings. The van der Waals surface area contributed by atoms with Gasteiger partial charge in [0.2, 0.25) is 5.91 Å². The molecule has 2 rings (SSSR count). The van der Waals surface area contributed by atoms with Crippen molar-refractivity contribution in [1.82, 2.24) is 15.6 Å². The molecule has 0 aliphatic rings. The number of carbonyl (C=O) groups excluding carboxylic acids is 2. The number of benzene rings is 1. The van der Waals surface area contributed by atoms with E-state index in [1.807, 2.05) is 38.3 Å². The molecule has 0 bridgehead atoms. The van der Waals surface area contributed by atoms with E-state index in [0.717, 1.165) is 33.1 Å². The number of nitrogens with zero attached hydrogens (tertiary/aromatic N) is 1. The van der Waals surface area contributed by atoms with Crippen molar-refractivity contribution in [3.8, 4) is 0 Å². The third kappa shape index (κ3) is 6.06. The molecule has 1 aromatic carbocycles. The highest BCUT2D eigenvalue weighted by Crippen LogP contribution is 2.24. The van der Waals surface area contributed by atoms with E-state index in [9.17, 15) is 9.59 Å². The van der Waals surface area contributed by atoms with E-state index in [2.05, 4.69) is 41.7 Å². The molecule has 1 aromatic heterocycles. The molecule has 0 saturated heterocycles. The molecule has 6 nitrogen and oxygen atoms in total. The van der Waals surface area contributed by atoms with Gasteiger partial charge in [-0.25, -0.2) is 9.78 Å². The maximum absolute atomic E-state index is 12.1. The zero-order valence-corrected chi connectivity index (χ0v) is 17.6. The lowest BCUT2D eigenvalue weighted by molar-refractivity contribution is -0.115. The second kappa shape index (κ2) is 8.52. The Morgan fingerprint density at radius 1 is 1.07 bits per heavy atom. The van der Waals surface area contributed by atoms with Gasteiger partial charge in [-0.15, -0.1) is 11.3 Å². The zero-order chi connectivity index (χ0) is 20.2. The summed E-state index contributed by atoms with van der Waals surface area (Å²) in [5.41, 5.74) is 4.95. The number of aryl methyl sites for hydroxylation is 3. The molecule has 0 saturated carbocycles. The monoisotopic (exact) mass is 388 g/mol. The third-order valence-corrected chi connectivity index (χ3v) is 4.92. The molecule has 3 amide bonds. The minimum atomic E-state index is -0.394. The maximum atomic E-state index is 12.1. The Balaban J connectivity index is 1.80. The number of urea groups is 1. The average molecular weight is 389 g/mol. The fourth-order valence-electron chi connectivity index (χ4n) is 2.68. The van der Waals surface area contributed by atoms with Gasteiger partial charge < -0.3 is 16.0 Å². The van der Waals surface area contributed by atoms with Crippen molar-refractivity contribution in [3.05, 3.63) is 44.9 Å². The van der Waals surface area contributed by atoms with Gasteiger partial charge in [-0.1, -0.05) is 38.5 Å². The minimum absolute atomic E-state index is 0.0126. The summed E-state index contributed by atoms with van der Waals surface area (Å²) in [7, 11) is 0. The van der Waals surface area contributed by atoms with E-state index in [1.165, 1.54) is 11.3 Å². The highest BCUT2D eigenvalue weighted by molar-refractivity contribution is 7.09. The van der Waals surface area contributed by atoms with Gasteiger partial charge >= 0.3 is 6.03 Å². The second-order valence-electron chi connectivity index (χ2n) is 7.73. The largest absolute Gasteiger partial charge is 0.332 e. The summed E-state index contributed by atoms with van der Waals surface area (Å²) in [6.45, 7) is 12.5. The summed E-state index contributed by atoms with van der Waals surface area (Å²) in [5, 5.41) is 11.0. The van der Waals surface area contributed by atoms with Gasteiger partial charge in [0.05, 0.1) is 18.8 Å². The Labute approximate surface area is 164 Å². The lowest BCUT2D eigenvalue weighted by Crippen LogP contribution is -2.39. The fourth-order valence-corrected chi connectivity index (χ4v) is 3.64. The van der Waals surface area contributed by atoms with Crippen LogP contribution in [0.4, 0.5) is 10.5 Å². The second-order valence-corrected chi connectivity index (χ2v) is 8.68. The van der Waals surface area contributed by atoms with Gasteiger partial charge in [-0.3, -0.25) is 4.79 Å². The van der Waals surface area contributed by atoms with Crippen LogP contribution in [0.25, 0.3) is 0 Å². The molecule has 0 atom stereocenters. The first kappa shape index (κ1) is 20.9. The Morgan fingerprint density at radius 3 is 2.26 bits per heavy atom. The normalized spacial score (nSPS) is 11.2. The van der Waals surface area contributed by atoms with Crippen molar-refractivity contribution >= 4 is 29.0 Å². The molecular formula is C20H28N4O2S. The van der Waals surface area contributed by atoms with E-state index in [1.54, 1.807) is 0 Å². The van der Waals surface area contributed by atoms with Crippen molar-refractivity contribution in [2.24, 2.45) is 0 Å². The Bertz CT molecular complexity index is 814. The summed E-state index contributed by atoms with van der Waals surface area (Å²) in [4.78, 5) is 28.6. The van der Waals surface area contributed by atoms with Crippen LogP contribution in [0.1, 0.15) is 48.2 Å². The number of aromatic nitrogens is 1. The number of thiazole rings is 1. The standard InChI is InChI=1S/C20H28N4O2S/c1-12-7-13(2)18(14(3)8-12)24-16(25)9-21-19(26)22-10-17-23-15(11-27-17)20(4,5)6/h7-8,11H,9-10H2,1-6H3,(H,24,25)(H2,21,22,26). The molecule has 1 heterocycles. The first-order chi connectivity index (χ1) is 12.6. The van der Waals surface area contributed by atoms with Crippen molar-refractivity contribution in [3.63, 3.8) is 0 Å².